The maximum atomic E-state index is 12.2. The molecule has 20 heavy (non-hydrogen) atoms. The van der Waals surface area contributed by atoms with Crippen LogP contribution in [0.2, 0.25) is 0 Å². The molecule has 0 saturated carbocycles. The lowest BCUT2D eigenvalue weighted by Crippen LogP contribution is -2.28. The number of nitrogens with zero attached hydrogens (tertiary/aromatic N) is 1. The van der Waals surface area contributed by atoms with E-state index in [1.165, 1.54) is 12.1 Å². The molecule has 0 N–H and O–H groups in total. The van der Waals surface area contributed by atoms with Gasteiger partial charge in [-0.15, -0.1) is 0 Å². The Balaban J connectivity index is 3.00. The number of benzene rings is 1. The molecule has 112 valence electrons. The van der Waals surface area contributed by atoms with Gasteiger partial charge in [0.05, 0.1) is 4.90 Å². The van der Waals surface area contributed by atoms with Crippen LogP contribution in [0.4, 0.5) is 0 Å². The molecule has 0 heterocycles. The highest BCUT2D eigenvalue weighted by Crippen LogP contribution is 2.26. The van der Waals surface area contributed by atoms with E-state index >= 15 is 0 Å². The molecule has 1 aromatic rings. The molecule has 0 radical (unpaired) electrons. The van der Waals surface area contributed by atoms with Crippen molar-refractivity contribution in [2.24, 2.45) is 5.92 Å². The lowest BCUT2D eigenvalue weighted by molar-refractivity contribution is 0.0789. The molecule has 0 aromatic heterocycles. The Morgan fingerprint density at radius 2 is 2.00 bits per heavy atom. The SMILES string of the molecule is CC(C)CCN(C)C(=O)c1ccc(Br)c(S(=O)(=O)Cl)c1. The summed E-state index contributed by atoms with van der Waals surface area (Å²) in [6.45, 7) is 4.78. The molecule has 1 amide bonds. The van der Waals surface area contributed by atoms with E-state index in [4.69, 9.17) is 10.7 Å². The van der Waals surface area contributed by atoms with Gasteiger partial charge < -0.3 is 4.90 Å². The van der Waals surface area contributed by atoms with Crippen molar-refractivity contribution in [1.29, 1.82) is 0 Å². The number of hydrogen-bond acceptors (Lipinski definition) is 3. The van der Waals surface area contributed by atoms with Crippen molar-refractivity contribution in [3.05, 3.63) is 28.2 Å². The molecule has 0 aliphatic carbocycles. The zero-order chi connectivity index (χ0) is 15.5. The Kier molecular flexibility index (Phi) is 6.04. The Morgan fingerprint density at radius 3 is 2.50 bits per heavy atom. The smallest absolute Gasteiger partial charge is 0.262 e. The van der Waals surface area contributed by atoms with Crippen LogP contribution in [0.1, 0.15) is 30.6 Å². The van der Waals surface area contributed by atoms with E-state index in [1.807, 2.05) is 0 Å². The zero-order valence-electron chi connectivity index (χ0n) is 11.6. The van der Waals surface area contributed by atoms with Gasteiger partial charge in [0, 0.05) is 34.3 Å². The van der Waals surface area contributed by atoms with Gasteiger partial charge in [0.15, 0.2) is 0 Å². The lowest BCUT2D eigenvalue weighted by atomic mass is 10.1. The highest BCUT2D eigenvalue weighted by molar-refractivity contribution is 9.10. The summed E-state index contributed by atoms with van der Waals surface area (Å²) in [6.07, 6.45) is 0.888. The summed E-state index contributed by atoms with van der Waals surface area (Å²) >= 11 is 3.11. The molecule has 0 spiro atoms. The van der Waals surface area contributed by atoms with Crippen LogP contribution in [0, 0.1) is 5.92 Å². The Morgan fingerprint density at radius 1 is 1.40 bits per heavy atom. The van der Waals surface area contributed by atoms with E-state index in [-0.39, 0.29) is 10.8 Å². The average molecular weight is 383 g/mol. The Hall–Kier alpha value is -0.590. The quantitative estimate of drug-likeness (QED) is 0.732. The molecule has 4 nitrogen and oxygen atoms in total. The van der Waals surface area contributed by atoms with Gasteiger partial charge in [-0.1, -0.05) is 13.8 Å². The molecular weight excluding hydrogens is 366 g/mol. The van der Waals surface area contributed by atoms with Crippen molar-refractivity contribution in [1.82, 2.24) is 4.90 Å². The number of rotatable bonds is 5. The molecule has 0 saturated heterocycles. The first kappa shape index (κ1) is 17.5. The molecule has 0 atom stereocenters. The van der Waals surface area contributed by atoms with Crippen molar-refractivity contribution < 1.29 is 13.2 Å². The van der Waals surface area contributed by atoms with Gasteiger partial charge in [0.1, 0.15) is 0 Å². The molecule has 1 rings (SSSR count). The minimum atomic E-state index is -3.89. The largest absolute Gasteiger partial charge is 0.342 e. The van der Waals surface area contributed by atoms with Crippen molar-refractivity contribution in [3.8, 4) is 0 Å². The van der Waals surface area contributed by atoms with E-state index in [0.29, 0.717) is 22.5 Å². The third-order valence-corrected chi connectivity index (χ3v) is 5.15. The average Bonchev–Trinajstić information content (AvgIpc) is 2.34. The summed E-state index contributed by atoms with van der Waals surface area (Å²) in [5, 5.41) is 0. The molecule has 0 aliphatic heterocycles. The summed E-state index contributed by atoms with van der Waals surface area (Å²) in [6, 6.07) is 4.38. The second-order valence-corrected chi connectivity index (χ2v) is 8.38. The van der Waals surface area contributed by atoms with Crippen molar-refractivity contribution >= 4 is 41.6 Å². The predicted octanol–water partition coefficient (Wildman–Crippen LogP) is 3.49. The number of carbonyl (C=O) groups excluding carboxylic acids is 1. The van der Waals surface area contributed by atoms with Gasteiger partial charge >= 0.3 is 0 Å². The highest BCUT2D eigenvalue weighted by atomic mass is 79.9. The minimum Gasteiger partial charge on any atom is -0.342 e. The van der Waals surface area contributed by atoms with Gasteiger partial charge in [0.2, 0.25) is 0 Å². The maximum Gasteiger partial charge on any atom is 0.262 e. The van der Waals surface area contributed by atoms with Gasteiger partial charge in [-0.25, -0.2) is 8.42 Å². The fourth-order valence-corrected chi connectivity index (χ4v) is 3.71. The summed E-state index contributed by atoms with van der Waals surface area (Å²) in [4.78, 5) is 13.7. The number of halogens is 2. The second kappa shape index (κ2) is 6.91. The standard InChI is InChI=1S/C13H17BrClNO3S/c1-9(2)6-7-16(3)13(17)10-4-5-11(14)12(8-10)20(15,18)19/h4-5,8-9H,6-7H2,1-3H3. The Labute approximate surface area is 132 Å². The first-order valence-electron chi connectivity index (χ1n) is 6.12. The minimum absolute atomic E-state index is 0.0951. The van der Waals surface area contributed by atoms with Crippen LogP contribution in [0.5, 0.6) is 0 Å². The molecule has 0 aliphatic rings. The molecule has 0 unspecified atom stereocenters. The predicted molar refractivity (Wildman–Crippen MR) is 83.6 cm³/mol. The summed E-state index contributed by atoms with van der Waals surface area (Å²) in [5.41, 5.74) is 0.304. The molecule has 7 heteroatoms. The fraction of sp³-hybridized carbons (Fsp3) is 0.462. The molecule has 1 aromatic carbocycles. The second-order valence-electron chi connectivity index (χ2n) is 4.99. The van der Waals surface area contributed by atoms with Crippen LogP contribution in [0.25, 0.3) is 0 Å². The third kappa shape index (κ3) is 4.75. The molecule has 0 fully saturated rings. The first-order valence-corrected chi connectivity index (χ1v) is 9.23. The molecular formula is C13H17BrClNO3S. The fourth-order valence-electron chi connectivity index (χ4n) is 1.60. The van der Waals surface area contributed by atoms with Gasteiger partial charge in [0.25, 0.3) is 15.0 Å². The summed E-state index contributed by atoms with van der Waals surface area (Å²) in [5.74, 6) is 0.272. The normalized spacial score (nSPS) is 11.7. The van der Waals surface area contributed by atoms with Crippen LogP contribution >= 0.6 is 26.6 Å². The van der Waals surface area contributed by atoms with E-state index in [0.717, 1.165) is 6.42 Å². The van der Waals surface area contributed by atoms with Crippen molar-refractivity contribution in [2.45, 2.75) is 25.2 Å². The number of amides is 1. The van der Waals surface area contributed by atoms with Crippen LogP contribution < -0.4 is 0 Å². The first-order chi connectivity index (χ1) is 9.12. The van der Waals surface area contributed by atoms with E-state index in [2.05, 4.69) is 29.8 Å². The van der Waals surface area contributed by atoms with Crippen molar-refractivity contribution in [3.63, 3.8) is 0 Å². The van der Waals surface area contributed by atoms with Crippen molar-refractivity contribution in [2.75, 3.05) is 13.6 Å². The zero-order valence-corrected chi connectivity index (χ0v) is 14.7. The van der Waals surface area contributed by atoms with Gasteiger partial charge in [-0.05, 0) is 46.5 Å². The highest BCUT2D eigenvalue weighted by Gasteiger charge is 2.19. The van der Waals surface area contributed by atoms with Crippen LogP contribution in [0.15, 0.2) is 27.6 Å². The molecule has 0 bridgehead atoms. The van der Waals surface area contributed by atoms with Gasteiger partial charge in [-0.2, -0.15) is 0 Å². The van der Waals surface area contributed by atoms with E-state index < -0.39 is 9.05 Å². The van der Waals surface area contributed by atoms with Gasteiger partial charge in [-0.3, -0.25) is 4.79 Å². The maximum absolute atomic E-state index is 12.2. The van der Waals surface area contributed by atoms with E-state index in [9.17, 15) is 13.2 Å². The topological polar surface area (TPSA) is 54.5 Å². The Bertz CT molecular complexity index is 602. The van der Waals surface area contributed by atoms with E-state index in [1.54, 1.807) is 18.0 Å². The summed E-state index contributed by atoms with van der Waals surface area (Å²) in [7, 11) is 3.15. The third-order valence-electron chi connectivity index (χ3n) is 2.83. The monoisotopic (exact) mass is 381 g/mol. The number of hydrogen-bond donors (Lipinski definition) is 0. The van der Waals surface area contributed by atoms with Crippen LogP contribution in [0.3, 0.4) is 0 Å². The van der Waals surface area contributed by atoms with Crippen LogP contribution in [-0.4, -0.2) is 32.8 Å². The number of carbonyl (C=O) groups is 1. The lowest BCUT2D eigenvalue weighted by Gasteiger charge is -2.18. The summed E-state index contributed by atoms with van der Waals surface area (Å²) < 4.78 is 23.2. The van der Waals surface area contributed by atoms with Crippen LogP contribution in [-0.2, 0) is 9.05 Å².